The first-order chi connectivity index (χ1) is 7.06. The smallest absolute Gasteiger partial charge is 0.311 e. The fourth-order valence-corrected chi connectivity index (χ4v) is 1.01. The third kappa shape index (κ3) is 2.95. The van der Waals surface area contributed by atoms with Gasteiger partial charge in [0.2, 0.25) is 5.91 Å². The lowest BCUT2D eigenvalue weighted by atomic mass is 9.74. The molecule has 94 valence electrons. The van der Waals surface area contributed by atoms with E-state index in [9.17, 15) is 9.59 Å². The van der Waals surface area contributed by atoms with E-state index in [-0.39, 0.29) is 5.91 Å². The van der Waals surface area contributed by atoms with Crippen molar-refractivity contribution >= 4 is 11.9 Å². The molecule has 0 rings (SSSR count). The number of carbonyl (C=O) groups excluding carboxylic acids is 1. The van der Waals surface area contributed by atoms with Gasteiger partial charge in [0.25, 0.3) is 0 Å². The number of nitrogens with one attached hydrogen (secondary N) is 1. The predicted octanol–water partition coefficient (Wildman–Crippen LogP) is 0.729. The Balaban J connectivity index is 4.82. The number of nitrogens with two attached hydrogens (primary N) is 1. The number of hydrogen-bond donors (Lipinski definition) is 3. The van der Waals surface area contributed by atoms with Crippen LogP contribution in [0.3, 0.4) is 0 Å². The molecule has 0 aliphatic heterocycles. The van der Waals surface area contributed by atoms with Crippen LogP contribution >= 0.6 is 0 Å². The Morgan fingerprint density at radius 3 is 2.06 bits per heavy atom. The molecule has 0 saturated carbocycles. The lowest BCUT2D eigenvalue weighted by Gasteiger charge is -2.39. The largest absolute Gasteiger partial charge is 0.481 e. The summed E-state index contributed by atoms with van der Waals surface area (Å²) in [5.41, 5.74) is 3.67. The van der Waals surface area contributed by atoms with Crippen LogP contribution in [0, 0.1) is 5.41 Å². The zero-order valence-electron chi connectivity index (χ0n) is 10.6. The average molecular weight is 230 g/mol. The van der Waals surface area contributed by atoms with Crippen LogP contribution in [0.2, 0.25) is 0 Å². The van der Waals surface area contributed by atoms with Crippen molar-refractivity contribution < 1.29 is 14.7 Å². The van der Waals surface area contributed by atoms with Crippen molar-refractivity contribution in [3.8, 4) is 0 Å². The lowest BCUT2D eigenvalue weighted by Crippen LogP contribution is -2.59. The van der Waals surface area contributed by atoms with Crippen molar-refractivity contribution in [2.45, 2.75) is 52.6 Å². The molecule has 5 nitrogen and oxygen atoms in total. The van der Waals surface area contributed by atoms with E-state index in [0.717, 1.165) is 0 Å². The molecule has 4 N–H and O–H groups in total. The molecule has 16 heavy (non-hydrogen) atoms. The van der Waals surface area contributed by atoms with Gasteiger partial charge in [0.1, 0.15) is 0 Å². The van der Waals surface area contributed by atoms with Crippen LogP contribution in [0.25, 0.3) is 0 Å². The van der Waals surface area contributed by atoms with Gasteiger partial charge in [-0.1, -0.05) is 6.92 Å². The van der Waals surface area contributed by atoms with E-state index >= 15 is 0 Å². The maximum atomic E-state index is 11.6. The highest BCUT2D eigenvalue weighted by atomic mass is 16.4. The zero-order chi connectivity index (χ0) is 13.1. The highest BCUT2D eigenvalue weighted by Gasteiger charge is 2.44. The summed E-state index contributed by atoms with van der Waals surface area (Å²) in [5.74, 6) is -1.27. The van der Waals surface area contributed by atoms with Gasteiger partial charge in [-0.05, 0) is 34.1 Å². The second-order valence-electron chi connectivity index (χ2n) is 5.06. The molecule has 0 bridgehead atoms. The molecule has 0 spiro atoms. The maximum Gasteiger partial charge on any atom is 0.311 e. The van der Waals surface area contributed by atoms with Gasteiger partial charge < -0.3 is 16.2 Å². The third-order valence-electron chi connectivity index (χ3n) is 3.31. The molecule has 0 aromatic heterocycles. The normalized spacial score (nSPS) is 14.4. The number of hydrogen-bond acceptors (Lipinski definition) is 3. The van der Waals surface area contributed by atoms with Gasteiger partial charge in [-0.15, -0.1) is 0 Å². The number of carboxylic acid groups (broad SMARTS) is 1. The van der Waals surface area contributed by atoms with E-state index in [1.807, 2.05) is 0 Å². The monoisotopic (exact) mass is 230 g/mol. The minimum Gasteiger partial charge on any atom is -0.481 e. The topological polar surface area (TPSA) is 92.4 Å². The maximum absolute atomic E-state index is 11.6. The average Bonchev–Trinajstić information content (AvgIpc) is 2.15. The summed E-state index contributed by atoms with van der Waals surface area (Å²) in [6.07, 6.45) is 0.523. The van der Waals surface area contributed by atoms with E-state index in [2.05, 4.69) is 5.32 Å². The Hall–Kier alpha value is -1.10. The molecule has 0 radical (unpaired) electrons. The van der Waals surface area contributed by atoms with Crippen LogP contribution in [0.15, 0.2) is 0 Å². The molecule has 1 amide bonds. The van der Waals surface area contributed by atoms with Crippen LogP contribution in [0.5, 0.6) is 0 Å². The van der Waals surface area contributed by atoms with E-state index < -0.39 is 23.0 Å². The summed E-state index contributed by atoms with van der Waals surface area (Å²) < 4.78 is 0. The first kappa shape index (κ1) is 14.9. The summed E-state index contributed by atoms with van der Waals surface area (Å²) in [4.78, 5) is 22.7. The van der Waals surface area contributed by atoms with E-state index in [4.69, 9.17) is 10.8 Å². The molecule has 1 atom stereocenters. The van der Waals surface area contributed by atoms with Crippen molar-refractivity contribution in [3.63, 3.8) is 0 Å². The Morgan fingerprint density at radius 1 is 1.31 bits per heavy atom. The van der Waals surface area contributed by atoms with Crippen molar-refractivity contribution in [3.05, 3.63) is 0 Å². The van der Waals surface area contributed by atoms with Crippen LogP contribution in [-0.4, -0.2) is 28.6 Å². The SMILES string of the molecule is CC[C@H](N)C(=O)NC(C)(C)C(C)(C)C(=O)O. The minimum atomic E-state index is -1.06. The highest BCUT2D eigenvalue weighted by molar-refractivity contribution is 5.84. The molecule has 5 heteroatoms. The van der Waals surface area contributed by atoms with Gasteiger partial charge in [0.05, 0.1) is 17.0 Å². The fourth-order valence-electron chi connectivity index (χ4n) is 1.01. The molecule has 0 aromatic carbocycles. The number of aliphatic carboxylic acids is 1. The molecular formula is C11H22N2O3. The molecule has 0 aromatic rings. The molecular weight excluding hydrogens is 208 g/mol. The standard InChI is InChI=1S/C11H22N2O3/c1-6-7(12)8(14)13-11(4,5)10(2,3)9(15)16/h7H,6,12H2,1-5H3,(H,13,14)(H,15,16)/t7-/m0/s1. The number of rotatable bonds is 5. The minimum absolute atomic E-state index is 0.318. The third-order valence-corrected chi connectivity index (χ3v) is 3.31. The van der Waals surface area contributed by atoms with E-state index in [1.165, 1.54) is 0 Å². The van der Waals surface area contributed by atoms with Gasteiger partial charge in [0.15, 0.2) is 0 Å². The summed E-state index contributed by atoms with van der Waals surface area (Å²) in [6, 6.07) is -0.594. The lowest BCUT2D eigenvalue weighted by molar-refractivity contribution is -0.151. The van der Waals surface area contributed by atoms with Crippen LogP contribution < -0.4 is 11.1 Å². The number of amides is 1. The molecule has 0 heterocycles. The summed E-state index contributed by atoms with van der Waals surface area (Å²) in [5, 5.41) is 11.8. The molecule has 0 aliphatic rings. The summed E-state index contributed by atoms with van der Waals surface area (Å²) in [6.45, 7) is 8.32. The van der Waals surface area contributed by atoms with Gasteiger partial charge in [0, 0.05) is 0 Å². The first-order valence-electron chi connectivity index (χ1n) is 5.37. The fraction of sp³-hybridized carbons (Fsp3) is 0.818. The number of carboxylic acids is 1. The summed E-state index contributed by atoms with van der Waals surface area (Å²) in [7, 11) is 0. The number of carbonyl (C=O) groups is 2. The molecule has 0 unspecified atom stereocenters. The quantitative estimate of drug-likeness (QED) is 0.649. The molecule has 0 fully saturated rings. The van der Waals surface area contributed by atoms with Gasteiger partial charge in [-0.3, -0.25) is 9.59 Å². The second-order valence-corrected chi connectivity index (χ2v) is 5.06. The van der Waals surface area contributed by atoms with Crippen LogP contribution in [0.4, 0.5) is 0 Å². The summed E-state index contributed by atoms with van der Waals surface area (Å²) >= 11 is 0. The second kappa shape index (κ2) is 4.82. The first-order valence-corrected chi connectivity index (χ1v) is 5.37. The predicted molar refractivity (Wildman–Crippen MR) is 61.9 cm³/mol. The van der Waals surface area contributed by atoms with Crippen molar-refractivity contribution in [2.75, 3.05) is 0 Å². The van der Waals surface area contributed by atoms with Crippen LogP contribution in [0.1, 0.15) is 41.0 Å². The van der Waals surface area contributed by atoms with Gasteiger partial charge in [-0.25, -0.2) is 0 Å². The van der Waals surface area contributed by atoms with Gasteiger partial charge in [-0.2, -0.15) is 0 Å². The van der Waals surface area contributed by atoms with Crippen LogP contribution in [-0.2, 0) is 9.59 Å². The van der Waals surface area contributed by atoms with Gasteiger partial charge >= 0.3 is 5.97 Å². The Labute approximate surface area is 96.4 Å². The highest BCUT2D eigenvalue weighted by Crippen LogP contribution is 2.30. The molecule has 0 aliphatic carbocycles. The molecule has 0 saturated heterocycles. The Morgan fingerprint density at radius 2 is 1.75 bits per heavy atom. The van der Waals surface area contributed by atoms with Crippen molar-refractivity contribution in [2.24, 2.45) is 11.1 Å². The zero-order valence-corrected chi connectivity index (χ0v) is 10.6. The van der Waals surface area contributed by atoms with E-state index in [1.54, 1.807) is 34.6 Å². The Kier molecular flexibility index (Phi) is 4.49. The van der Waals surface area contributed by atoms with E-state index in [0.29, 0.717) is 6.42 Å². The van der Waals surface area contributed by atoms with Crippen molar-refractivity contribution in [1.82, 2.24) is 5.32 Å². The Bertz CT molecular complexity index is 285. The van der Waals surface area contributed by atoms with Crippen molar-refractivity contribution in [1.29, 1.82) is 0 Å².